The summed E-state index contributed by atoms with van der Waals surface area (Å²) >= 11 is 5.88. The van der Waals surface area contributed by atoms with Gasteiger partial charge in [-0.25, -0.2) is 4.98 Å². The van der Waals surface area contributed by atoms with Gasteiger partial charge in [-0.3, -0.25) is 4.79 Å². The van der Waals surface area contributed by atoms with Gasteiger partial charge in [-0.05, 0) is 30.3 Å². The standard InChI is InChI=1S/C16H14ClF3N2O3/c1-24-14-5-3-11(6-7-21-9-23)22-15(14)10-2-4-13(12(17)8-10)25-16(18,19)20/h2-5,8-9H,6-7H2,1H3,(H,21,23). The summed E-state index contributed by atoms with van der Waals surface area (Å²) in [5.74, 6) is -0.0594. The molecule has 0 saturated heterocycles. The second-order valence-corrected chi connectivity index (χ2v) is 5.28. The third kappa shape index (κ3) is 5.25. The van der Waals surface area contributed by atoms with Crippen LogP contribution in [0.2, 0.25) is 5.02 Å². The summed E-state index contributed by atoms with van der Waals surface area (Å²) in [6, 6.07) is 7.27. The van der Waals surface area contributed by atoms with Crippen LogP contribution in [0, 0.1) is 0 Å². The van der Waals surface area contributed by atoms with Gasteiger partial charge < -0.3 is 14.8 Å². The number of hydrogen-bond donors (Lipinski definition) is 1. The zero-order chi connectivity index (χ0) is 18.4. The van der Waals surface area contributed by atoms with Crippen LogP contribution in [0.4, 0.5) is 13.2 Å². The van der Waals surface area contributed by atoms with Crippen molar-refractivity contribution >= 4 is 18.0 Å². The summed E-state index contributed by atoms with van der Waals surface area (Å²) < 4.78 is 46.0. The predicted octanol–water partition coefficient (Wildman–Crippen LogP) is 3.60. The van der Waals surface area contributed by atoms with E-state index in [1.54, 1.807) is 12.1 Å². The second kappa shape index (κ2) is 8.06. The number of benzene rings is 1. The molecule has 2 aromatic rings. The van der Waals surface area contributed by atoms with Gasteiger partial charge >= 0.3 is 6.36 Å². The lowest BCUT2D eigenvalue weighted by Gasteiger charge is -2.13. The third-order valence-corrected chi connectivity index (χ3v) is 3.47. The van der Waals surface area contributed by atoms with Gasteiger partial charge in [0.15, 0.2) is 0 Å². The van der Waals surface area contributed by atoms with E-state index in [9.17, 15) is 18.0 Å². The Bertz CT molecular complexity index is 754. The highest BCUT2D eigenvalue weighted by Crippen LogP contribution is 2.36. The van der Waals surface area contributed by atoms with Gasteiger partial charge in [-0.15, -0.1) is 13.2 Å². The van der Waals surface area contributed by atoms with Crippen molar-refractivity contribution in [2.24, 2.45) is 0 Å². The first-order valence-electron chi connectivity index (χ1n) is 7.10. The van der Waals surface area contributed by atoms with E-state index in [1.165, 1.54) is 19.2 Å². The van der Waals surface area contributed by atoms with E-state index < -0.39 is 12.1 Å². The fourth-order valence-corrected chi connectivity index (χ4v) is 2.33. The molecule has 0 atom stereocenters. The van der Waals surface area contributed by atoms with E-state index in [0.717, 1.165) is 6.07 Å². The molecule has 0 spiro atoms. The summed E-state index contributed by atoms with van der Waals surface area (Å²) in [6.07, 6.45) is -3.76. The smallest absolute Gasteiger partial charge is 0.494 e. The molecule has 1 aromatic heterocycles. The summed E-state index contributed by atoms with van der Waals surface area (Å²) in [6.45, 7) is 0.404. The fraction of sp³-hybridized carbons (Fsp3) is 0.250. The number of carbonyl (C=O) groups excluding carboxylic acids is 1. The molecule has 9 heteroatoms. The number of aromatic nitrogens is 1. The molecule has 0 saturated carbocycles. The molecule has 1 N–H and O–H groups in total. The van der Waals surface area contributed by atoms with E-state index in [4.69, 9.17) is 16.3 Å². The van der Waals surface area contributed by atoms with Crippen molar-refractivity contribution in [3.63, 3.8) is 0 Å². The molecule has 1 amide bonds. The van der Waals surface area contributed by atoms with Crippen LogP contribution in [0.1, 0.15) is 5.69 Å². The molecule has 1 aromatic carbocycles. The molecule has 0 fully saturated rings. The van der Waals surface area contributed by atoms with Gasteiger partial charge in [-0.1, -0.05) is 11.6 Å². The van der Waals surface area contributed by atoms with Crippen LogP contribution in [0.5, 0.6) is 11.5 Å². The maximum Gasteiger partial charge on any atom is 0.573 e. The molecule has 134 valence electrons. The number of amides is 1. The lowest BCUT2D eigenvalue weighted by atomic mass is 10.1. The Morgan fingerprint density at radius 1 is 1.24 bits per heavy atom. The summed E-state index contributed by atoms with van der Waals surface area (Å²) in [5, 5.41) is 2.32. The number of halogens is 4. The van der Waals surface area contributed by atoms with Crippen molar-refractivity contribution in [3.05, 3.63) is 41.0 Å². The van der Waals surface area contributed by atoms with E-state index >= 15 is 0 Å². The Kier molecular flexibility index (Phi) is 6.08. The number of nitrogens with one attached hydrogen (secondary N) is 1. The molecule has 0 aliphatic rings. The largest absolute Gasteiger partial charge is 0.573 e. The molecule has 1 heterocycles. The number of carbonyl (C=O) groups is 1. The second-order valence-electron chi connectivity index (χ2n) is 4.87. The highest BCUT2D eigenvalue weighted by molar-refractivity contribution is 6.32. The molecule has 0 bridgehead atoms. The number of methoxy groups -OCH3 is 1. The molecule has 5 nitrogen and oxygen atoms in total. The molecule has 2 rings (SSSR count). The summed E-state index contributed by atoms with van der Waals surface area (Å²) in [5.41, 5.74) is 1.57. The van der Waals surface area contributed by atoms with Gasteiger partial charge in [0.05, 0.1) is 12.1 Å². The number of pyridine rings is 1. The Hall–Kier alpha value is -2.48. The minimum absolute atomic E-state index is 0.202. The summed E-state index contributed by atoms with van der Waals surface area (Å²) in [7, 11) is 1.46. The van der Waals surface area contributed by atoms with Gasteiger partial charge in [0.25, 0.3) is 0 Å². The van der Waals surface area contributed by atoms with Crippen molar-refractivity contribution in [2.45, 2.75) is 12.8 Å². The van der Waals surface area contributed by atoms with E-state index in [0.29, 0.717) is 42.1 Å². The molecular weight excluding hydrogens is 361 g/mol. The van der Waals surface area contributed by atoms with Crippen molar-refractivity contribution < 1.29 is 27.4 Å². The first kappa shape index (κ1) is 18.9. The number of hydrogen-bond acceptors (Lipinski definition) is 4. The van der Waals surface area contributed by atoms with E-state index in [2.05, 4.69) is 15.0 Å². The summed E-state index contributed by atoms with van der Waals surface area (Å²) in [4.78, 5) is 14.7. The molecule has 25 heavy (non-hydrogen) atoms. The predicted molar refractivity (Wildman–Crippen MR) is 85.7 cm³/mol. The molecule has 0 aliphatic carbocycles. The maximum atomic E-state index is 12.3. The van der Waals surface area contributed by atoms with Gasteiger partial charge in [0, 0.05) is 24.2 Å². The zero-order valence-corrected chi connectivity index (χ0v) is 13.8. The van der Waals surface area contributed by atoms with Crippen LogP contribution in [0.3, 0.4) is 0 Å². The Balaban J connectivity index is 2.34. The molecule has 0 radical (unpaired) electrons. The highest BCUT2D eigenvalue weighted by atomic mass is 35.5. The first-order valence-corrected chi connectivity index (χ1v) is 7.48. The first-order chi connectivity index (χ1) is 11.8. The van der Waals surface area contributed by atoms with Crippen molar-refractivity contribution in [2.75, 3.05) is 13.7 Å². The maximum absolute atomic E-state index is 12.3. The topological polar surface area (TPSA) is 60.5 Å². The average Bonchev–Trinajstić information content (AvgIpc) is 2.56. The lowest BCUT2D eigenvalue weighted by Crippen LogP contribution is -2.17. The van der Waals surface area contributed by atoms with Crippen LogP contribution in [0.25, 0.3) is 11.3 Å². The highest BCUT2D eigenvalue weighted by Gasteiger charge is 2.32. The van der Waals surface area contributed by atoms with Crippen molar-refractivity contribution in [1.82, 2.24) is 10.3 Å². The number of nitrogens with zero attached hydrogens (tertiary/aromatic N) is 1. The molecule has 0 unspecified atom stereocenters. The van der Waals surface area contributed by atoms with E-state index in [1.807, 2.05) is 0 Å². The van der Waals surface area contributed by atoms with Gasteiger partial charge in [0.2, 0.25) is 6.41 Å². The third-order valence-electron chi connectivity index (χ3n) is 3.18. The van der Waals surface area contributed by atoms with E-state index in [-0.39, 0.29) is 5.02 Å². The minimum atomic E-state index is -4.83. The van der Waals surface area contributed by atoms with Crippen LogP contribution in [-0.2, 0) is 11.2 Å². The Labute approximate surface area is 146 Å². The molecule has 0 aliphatic heterocycles. The van der Waals surface area contributed by atoms with Crippen LogP contribution >= 0.6 is 11.6 Å². The van der Waals surface area contributed by atoms with Crippen LogP contribution in [0.15, 0.2) is 30.3 Å². The SMILES string of the molecule is COc1ccc(CCNC=O)nc1-c1ccc(OC(F)(F)F)c(Cl)c1. The van der Waals surface area contributed by atoms with Crippen molar-refractivity contribution in [1.29, 1.82) is 0 Å². The average molecular weight is 375 g/mol. The number of ether oxygens (including phenoxy) is 2. The Morgan fingerprint density at radius 3 is 2.56 bits per heavy atom. The monoisotopic (exact) mass is 374 g/mol. The fourth-order valence-electron chi connectivity index (χ4n) is 2.11. The zero-order valence-electron chi connectivity index (χ0n) is 13.1. The molecular formula is C16H14ClF3N2O3. The van der Waals surface area contributed by atoms with Crippen LogP contribution in [-0.4, -0.2) is 31.4 Å². The van der Waals surface area contributed by atoms with Crippen molar-refractivity contribution in [3.8, 4) is 22.8 Å². The number of alkyl halides is 3. The number of rotatable bonds is 7. The van der Waals surface area contributed by atoms with Crippen LogP contribution < -0.4 is 14.8 Å². The Morgan fingerprint density at radius 2 is 1.96 bits per heavy atom. The minimum Gasteiger partial charge on any atom is -0.494 e. The van der Waals surface area contributed by atoms with Gasteiger partial charge in [0.1, 0.15) is 17.2 Å². The van der Waals surface area contributed by atoms with Gasteiger partial charge in [-0.2, -0.15) is 0 Å². The normalized spacial score (nSPS) is 11.1. The quantitative estimate of drug-likeness (QED) is 0.594. The lowest BCUT2D eigenvalue weighted by molar-refractivity contribution is -0.274.